The second kappa shape index (κ2) is 8.73. The van der Waals surface area contributed by atoms with E-state index in [0.29, 0.717) is 0 Å². The van der Waals surface area contributed by atoms with E-state index in [4.69, 9.17) is 45.9 Å². The van der Waals surface area contributed by atoms with Crippen molar-refractivity contribution in [1.29, 1.82) is 0 Å². The number of rotatable bonds is 4. The standard InChI is InChI=1S/C21H19BCl3N2O2/c1-3-14-26-20-18(15(2)28)19(21(23,24)25)27-22(29-20,16-10-6-4-7-11-16)17-12-8-5-9-13-17/h1,4-13,15,27-28H,14H2,2H3/q-1. The molecule has 3 rings (SSSR count). The monoisotopic (exact) mass is 447 g/mol. The van der Waals surface area contributed by atoms with Gasteiger partial charge in [0, 0.05) is 5.70 Å². The van der Waals surface area contributed by atoms with Gasteiger partial charge in [-0.25, -0.2) is 4.99 Å². The van der Waals surface area contributed by atoms with E-state index >= 15 is 0 Å². The number of alkyl halides is 3. The molecule has 0 bridgehead atoms. The van der Waals surface area contributed by atoms with Crippen LogP contribution in [-0.2, 0) is 4.65 Å². The number of aliphatic hydroxyl groups is 1. The first kappa shape index (κ1) is 21.6. The fourth-order valence-electron chi connectivity index (χ4n) is 3.45. The first-order chi connectivity index (χ1) is 13.8. The number of nitrogens with zero attached hydrogens (tertiary/aromatic N) is 1. The lowest BCUT2D eigenvalue weighted by atomic mass is 9.41. The van der Waals surface area contributed by atoms with E-state index in [0.717, 1.165) is 10.9 Å². The van der Waals surface area contributed by atoms with Crippen LogP contribution < -0.4 is 16.2 Å². The van der Waals surface area contributed by atoms with Crippen LogP contribution in [0.2, 0.25) is 0 Å². The number of terminal acetylenes is 1. The van der Waals surface area contributed by atoms with E-state index in [2.05, 4.69) is 16.1 Å². The number of aliphatic imine (C=N–C) groups is 1. The van der Waals surface area contributed by atoms with E-state index in [1.807, 2.05) is 60.7 Å². The molecule has 1 aliphatic rings. The van der Waals surface area contributed by atoms with Crippen LogP contribution in [0.5, 0.6) is 0 Å². The highest BCUT2D eigenvalue weighted by Gasteiger charge is 2.44. The van der Waals surface area contributed by atoms with Gasteiger partial charge < -0.3 is 15.0 Å². The number of halogens is 3. The van der Waals surface area contributed by atoms with Gasteiger partial charge in [-0.1, -0.05) is 101 Å². The topological polar surface area (TPSA) is 53.8 Å². The smallest absolute Gasteiger partial charge is 0.318 e. The van der Waals surface area contributed by atoms with Crippen LogP contribution in [0.25, 0.3) is 0 Å². The summed E-state index contributed by atoms with van der Waals surface area (Å²) in [5, 5.41) is 13.7. The Hall–Kier alpha value is -2.10. The lowest BCUT2D eigenvalue weighted by Crippen LogP contribution is -2.74. The third-order valence-corrected chi connectivity index (χ3v) is 5.26. The number of allylic oxidation sites excluding steroid dienone is 1. The summed E-state index contributed by atoms with van der Waals surface area (Å²) in [6, 6.07) is 19.1. The Balaban J connectivity index is 2.33. The summed E-state index contributed by atoms with van der Waals surface area (Å²) in [5.74, 6) is 2.59. The molecule has 0 aromatic heterocycles. The third kappa shape index (κ3) is 4.41. The fourth-order valence-corrected chi connectivity index (χ4v) is 3.92. The number of nitrogens with one attached hydrogen (secondary N) is 1. The molecule has 0 amide bonds. The number of hydrogen-bond donors (Lipinski definition) is 2. The summed E-state index contributed by atoms with van der Waals surface area (Å²) < 4.78 is 4.60. The molecule has 1 aliphatic heterocycles. The van der Waals surface area contributed by atoms with Crippen molar-refractivity contribution in [2.45, 2.75) is 16.8 Å². The SMILES string of the molecule is C#CCN=C1O[B-](c2ccccc2)(c2ccccc2)NC(C(Cl)(Cl)Cl)=C1C(C)O. The highest BCUT2D eigenvalue weighted by Crippen LogP contribution is 2.39. The fraction of sp³-hybridized carbons (Fsp3) is 0.190. The predicted molar refractivity (Wildman–Crippen MR) is 122 cm³/mol. The average molecular weight is 449 g/mol. The van der Waals surface area contributed by atoms with Crippen molar-refractivity contribution in [1.82, 2.24) is 5.23 Å². The molecule has 0 spiro atoms. The Kier molecular flexibility index (Phi) is 6.50. The Labute approximate surface area is 185 Å². The van der Waals surface area contributed by atoms with Gasteiger partial charge in [-0.2, -0.15) is 0 Å². The molecule has 1 unspecified atom stereocenters. The van der Waals surface area contributed by atoms with E-state index < -0.39 is 16.4 Å². The molecule has 0 aliphatic carbocycles. The van der Waals surface area contributed by atoms with Crippen molar-refractivity contribution >= 4 is 58.1 Å². The Morgan fingerprint density at radius 1 is 1.10 bits per heavy atom. The molecule has 1 heterocycles. The van der Waals surface area contributed by atoms with Gasteiger partial charge in [-0.05, 0) is 6.92 Å². The molecule has 150 valence electrons. The molecule has 2 aromatic rings. The maximum Gasteiger partial charge on any atom is 0.318 e. The van der Waals surface area contributed by atoms with Crippen molar-refractivity contribution < 1.29 is 9.76 Å². The lowest BCUT2D eigenvalue weighted by molar-refractivity contribution is 0.231. The summed E-state index contributed by atoms with van der Waals surface area (Å²) >= 11 is 18.9. The molecule has 4 nitrogen and oxygen atoms in total. The minimum Gasteiger partial charge on any atom is -0.676 e. The highest BCUT2D eigenvalue weighted by molar-refractivity contribution is 6.97. The number of aliphatic hydroxyl groups excluding tert-OH is 1. The van der Waals surface area contributed by atoms with E-state index in [9.17, 15) is 5.11 Å². The zero-order valence-electron chi connectivity index (χ0n) is 15.6. The van der Waals surface area contributed by atoms with Gasteiger partial charge in [0.15, 0.2) is 5.90 Å². The summed E-state index contributed by atoms with van der Waals surface area (Å²) in [5.41, 5.74) is 2.10. The summed E-state index contributed by atoms with van der Waals surface area (Å²) in [4.78, 5) is 4.35. The minimum atomic E-state index is -2.11. The molecule has 29 heavy (non-hydrogen) atoms. The lowest BCUT2D eigenvalue weighted by Gasteiger charge is -2.51. The van der Waals surface area contributed by atoms with Crippen LogP contribution >= 0.6 is 34.8 Å². The zero-order valence-corrected chi connectivity index (χ0v) is 17.9. The summed E-state index contributed by atoms with van der Waals surface area (Å²) in [7, 11) is 0. The molecular formula is C21H19BCl3N2O2-. The normalized spacial score (nSPS) is 18.6. The molecule has 0 radical (unpaired) electrons. The summed E-state index contributed by atoms with van der Waals surface area (Å²) in [6.07, 6.45) is 4.39. The van der Waals surface area contributed by atoms with Gasteiger partial charge in [-0.3, -0.25) is 0 Å². The summed E-state index contributed by atoms with van der Waals surface area (Å²) in [6.45, 7) is -0.516. The molecule has 2 N–H and O–H groups in total. The van der Waals surface area contributed by atoms with Gasteiger partial charge in [0.2, 0.25) is 3.79 Å². The minimum absolute atomic E-state index is 0.0500. The molecular weight excluding hydrogens is 429 g/mol. The quantitative estimate of drug-likeness (QED) is 0.430. The van der Waals surface area contributed by atoms with Gasteiger partial charge in [-0.15, -0.1) is 17.3 Å². The second-order valence-corrected chi connectivity index (χ2v) is 8.94. The largest absolute Gasteiger partial charge is 0.676 e. The highest BCUT2D eigenvalue weighted by atomic mass is 35.6. The van der Waals surface area contributed by atoms with Crippen molar-refractivity contribution in [3.63, 3.8) is 0 Å². The van der Waals surface area contributed by atoms with Crippen molar-refractivity contribution in [3.8, 4) is 12.3 Å². The van der Waals surface area contributed by atoms with E-state index in [-0.39, 0.29) is 23.7 Å². The van der Waals surface area contributed by atoms with Crippen LogP contribution in [0.4, 0.5) is 0 Å². The zero-order chi connectivity index (χ0) is 21.1. The Bertz CT molecular complexity index is 925. The second-order valence-electron chi connectivity index (χ2n) is 6.66. The predicted octanol–water partition coefficient (Wildman–Crippen LogP) is 2.90. The molecule has 0 saturated heterocycles. The van der Waals surface area contributed by atoms with Crippen LogP contribution in [-0.4, -0.2) is 33.9 Å². The van der Waals surface area contributed by atoms with Crippen LogP contribution in [0.1, 0.15) is 6.92 Å². The Morgan fingerprint density at radius 3 is 2.03 bits per heavy atom. The molecule has 0 saturated carbocycles. The van der Waals surface area contributed by atoms with Gasteiger partial charge in [0.25, 0.3) is 0 Å². The van der Waals surface area contributed by atoms with Gasteiger partial charge in [0.05, 0.1) is 11.7 Å². The first-order valence-corrected chi connectivity index (χ1v) is 10.1. The van der Waals surface area contributed by atoms with Crippen LogP contribution in [0.15, 0.2) is 76.9 Å². The molecule has 2 aromatic carbocycles. The average Bonchev–Trinajstić information content (AvgIpc) is 2.72. The molecule has 8 heteroatoms. The maximum absolute atomic E-state index is 10.4. The van der Waals surface area contributed by atoms with Crippen molar-refractivity contribution in [3.05, 3.63) is 71.9 Å². The number of hydrogen-bond acceptors (Lipinski definition) is 4. The molecule has 0 fully saturated rings. The first-order valence-electron chi connectivity index (χ1n) is 9.00. The van der Waals surface area contributed by atoms with Gasteiger partial charge in [0.1, 0.15) is 6.54 Å². The number of benzene rings is 2. The molecule has 1 atom stereocenters. The third-order valence-electron chi connectivity index (χ3n) is 4.69. The maximum atomic E-state index is 10.4. The van der Waals surface area contributed by atoms with Crippen LogP contribution in [0.3, 0.4) is 0 Å². The van der Waals surface area contributed by atoms with Crippen LogP contribution in [0, 0.1) is 12.3 Å². The van der Waals surface area contributed by atoms with Crippen molar-refractivity contribution in [2.75, 3.05) is 6.54 Å². The van der Waals surface area contributed by atoms with E-state index in [1.165, 1.54) is 0 Å². The Morgan fingerprint density at radius 2 is 1.62 bits per heavy atom. The van der Waals surface area contributed by atoms with Crippen molar-refractivity contribution in [2.24, 2.45) is 4.99 Å². The van der Waals surface area contributed by atoms with E-state index in [1.54, 1.807) is 6.92 Å². The van der Waals surface area contributed by atoms with Gasteiger partial charge >= 0.3 is 6.48 Å².